The smallest absolute Gasteiger partial charge is 0.318 e. The highest BCUT2D eigenvalue weighted by atomic mass is 32.2. The summed E-state index contributed by atoms with van der Waals surface area (Å²) in [6.07, 6.45) is 1.98. The molecule has 1 aliphatic heterocycles. The number of likely N-dealkylation sites (tertiary alicyclic amines) is 1. The molecule has 0 bridgehead atoms. The maximum absolute atomic E-state index is 11.7. The molecule has 1 saturated heterocycles. The van der Waals surface area contributed by atoms with Gasteiger partial charge in [0.15, 0.2) is 9.84 Å². The van der Waals surface area contributed by atoms with E-state index in [-0.39, 0.29) is 5.75 Å². The minimum atomic E-state index is -3.53. The lowest BCUT2D eigenvalue weighted by Crippen LogP contribution is -2.48. The van der Waals surface area contributed by atoms with Crippen LogP contribution in [0.1, 0.15) is 25.3 Å². The maximum atomic E-state index is 11.7. The minimum Gasteiger partial charge on any atom is -0.480 e. The third-order valence-corrected chi connectivity index (χ3v) is 6.43. The molecule has 0 spiro atoms. The predicted octanol–water partition coefficient (Wildman–Crippen LogP) is 1.47. The van der Waals surface area contributed by atoms with Crippen LogP contribution < -0.4 is 0 Å². The van der Waals surface area contributed by atoms with Gasteiger partial charge in [-0.1, -0.05) is 30.3 Å². The average molecular weight is 368 g/mol. The number of carbonyl (C=O) groups is 1. The Bertz CT molecular complexity index is 663. The monoisotopic (exact) mass is 368 g/mol. The molecule has 1 heterocycles. The summed E-state index contributed by atoms with van der Waals surface area (Å²) in [5, 5.41) is 8.65. The van der Waals surface area contributed by atoms with Crippen LogP contribution in [-0.2, 0) is 21.2 Å². The van der Waals surface area contributed by atoms with Crippen LogP contribution in [0, 0.1) is 0 Å². The summed E-state index contributed by atoms with van der Waals surface area (Å²) < 4.78 is 23.5. The number of benzene rings is 1. The molecule has 1 N–H and O–H groups in total. The van der Waals surface area contributed by atoms with Gasteiger partial charge in [0.05, 0.1) is 5.75 Å². The number of hydrogen-bond donors (Lipinski definition) is 1. The van der Waals surface area contributed by atoms with Gasteiger partial charge >= 0.3 is 5.97 Å². The van der Waals surface area contributed by atoms with E-state index in [1.807, 2.05) is 13.1 Å². The molecule has 7 heteroatoms. The molecule has 2 rings (SSSR count). The summed E-state index contributed by atoms with van der Waals surface area (Å²) in [7, 11) is -1.60. The fourth-order valence-corrected chi connectivity index (χ4v) is 4.46. The number of nitrogens with zero attached hydrogens (tertiary/aromatic N) is 2. The lowest BCUT2D eigenvalue weighted by Gasteiger charge is -2.41. The zero-order chi connectivity index (χ0) is 18.4. The van der Waals surface area contributed by atoms with Crippen molar-refractivity contribution in [2.24, 2.45) is 0 Å². The summed E-state index contributed by atoms with van der Waals surface area (Å²) in [6, 6.07) is 11.2. The van der Waals surface area contributed by atoms with Gasteiger partial charge in [-0.3, -0.25) is 9.69 Å². The third kappa shape index (κ3) is 6.41. The SMILES string of the molecule is CC1CC(N(C)CCS(=O)(=O)CC(=O)O)CCN1Cc1ccccc1. The van der Waals surface area contributed by atoms with Crippen molar-refractivity contribution in [1.29, 1.82) is 0 Å². The molecule has 0 aromatic heterocycles. The van der Waals surface area contributed by atoms with E-state index >= 15 is 0 Å². The van der Waals surface area contributed by atoms with Gasteiger partial charge in [-0.2, -0.15) is 0 Å². The summed E-state index contributed by atoms with van der Waals surface area (Å²) >= 11 is 0. The van der Waals surface area contributed by atoms with Gasteiger partial charge in [0, 0.05) is 31.7 Å². The largest absolute Gasteiger partial charge is 0.480 e. The molecule has 0 radical (unpaired) electrons. The lowest BCUT2D eigenvalue weighted by molar-refractivity contribution is -0.134. The number of carboxylic acids is 1. The normalized spacial score (nSPS) is 22.2. The number of sulfone groups is 1. The molecule has 6 nitrogen and oxygen atoms in total. The standard InChI is InChI=1S/C18H28N2O4S/c1-15-12-17(19(2)10-11-25(23,24)14-18(21)22)8-9-20(15)13-16-6-4-3-5-7-16/h3-7,15,17H,8-14H2,1-2H3,(H,21,22). The van der Waals surface area contributed by atoms with Crippen LogP contribution in [0.2, 0.25) is 0 Å². The highest BCUT2D eigenvalue weighted by Crippen LogP contribution is 2.22. The first kappa shape index (κ1) is 19.9. The van der Waals surface area contributed by atoms with E-state index in [4.69, 9.17) is 5.11 Å². The van der Waals surface area contributed by atoms with Crippen LogP contribution in [0.4, 0.5) is 0 Å². The molecule has 1 fully saturated rings. The summed E-state index contributed by atoms with van der Waals surface area (Å²) in [5.74, 6) is -2.17. The first-order valence-electron chi connectivity index (χ1n) is 8.67. The van der Waals surface area contributed by atoms with Crippen molar-refractivity contribution in [2.75, 3.05) is 31.6 Å². The molecular weight excluding hydrogens is 340 g/mol. The van der Waals surface area contributed by atoms with Crippen LogP contribution in [0.3, 0.4) is 0 Å². The Morgan fingerprint density at radius 1 is 1.32 bits per heavy atom. The Balaban J connectivity index is 1.82. The number of hydrogen-bond acceptors (Lipinski definition) is 5. The van der Waals surface area contributed by atoms with Crippen molar-refractivity contribution in [3.05, 3.63) is 35.9 Å². The van der Waals surface area contributed by atoms with Crippen molar-refractivity contribution in [3.8, 4) is 0 Å². The third-order valence-electron chi connectivity index (χ3n) is 4.94. The molecule has 2 atom stereocenters. The molecule has 1 aromatic carbocycles. The Morgan fingerprint density at radius 3 is 2.60 bits per heavy atom. The summed E-state index contributed by atoms with van der Waals surface area (Å²) in [6.45, 7) is 4.51. The fraction of sp³-hybridized carbons (Fsp3) is 0.611. The van der Waals surface area contributed by atoms with Crippen molar-refractivity contribution in [2.45, 2.75) is 38.4 Å². The first-order valence-corrected chi connectivity index (χ1v) is 10.5. The van der Waals surface area contributed by atoms with Crippen molar-refractivity contribution in [1.82, 2.24) is 9.80 Å². The van der Waals surface area contributed by atoms with E-state index < -0.39 is 21.6 Å². The Labute approximate surface area is 150 Å². The predicted molar refractivity (Wildman–Crippen MR) is 98.3 cm³/mol. The number of aliphatic carboxylic acids is 1. The van der Waals surface area contributed by atoms with Crippen LogP contribution in [0.15, 0.2) is 30.3 Å². The molecule has 140 valence electrons. The molecule has 0 aliphatic carbocycles. The zero-order valence-electron chi connectivity index (χ0n) is 15.0. The van der Waals surface area contributed by atoms with Gasteiger partial charge < -0.3 is 10.0 Å². The van der Waals surface area contributed by atoms with E-state index in [1.54, 1.807) is 0 Å². The average Bonchev–Trinajstić information content (AvgIpc) is 2.54. The molecule has 25 heavy (non-hydrogen) atoms. The number of rotatable bonds is 8. The van der Waals surface area contributed by atoms with Crippen LogP contribution in [0.25, 0.3) is 0 Å². The molecule has 1 aromatic rings. The van der Waals surface area contributed by atoms with Gasteiger partial charge in [-0.15, -0.1) is 0 Å². The highest BCUT2D eigenvalue weighted by Gasteiger charge is 2.28. The zero-order valence-corrected chi connectivity index (χ0v) is 15.8. The first-order chi connectivity index (χ1) is 11.8. The Kier molecular flexibility index (Phi) is 6.98. The van der Waals surface area contributed by atoms with Crippen LogP contribution in [0.5, 0.6) is 0 Å². The Hall–Kier alpha value is -1.44. The Morgan fingerprint density at radius 2 is 2.00 bits per heavy atom. The van der Waals surface area contributed by atoms with E-state index in [1.165, 1.54) is 5.56 Å². The second-order valence-corrected chi connectivity index (χ2v) is 9.13. The second-order valence-electron chi connectivity index (χ2n) is 6.95. The topological polar surface area (TPSA) is 77.9 Å². The quantitative estimate of drug-likeness (QED) is 0.749. The van der Waals surface area contributed by atoms with E-state index in [0.717, 1.165) is 25.9 Å². The van der Waals surface area contributed by atoms with Gasteiger partial charge in [0.2, 0.25) is 0 Å². The van der Waals surface area contributed by atoms with Gasteiger partial charge in [0.1, 0.15) is 5.75 Å². The van der Waals surface area contributed by atoms with Crippen LogP contribution >= 0.6 is 0 Å². The van der Waals surface area contributed by atoms with Gasteiger partial charge in [0.25, 0.3) is 0 Å². The van der Waals surface area contributed by atoms with Crippen molar-refractivity contribution < 1.29 is 18.3 Å². The maximum Gasteiger partial charge on any atom is 0.318 e. The highest BCUT2D eigenvalue weighted by molar-refractivity contribution is 7.92. The molecule has 2 unspecified atom stereocenters. The van der Waals surface area contributed by atoms with Crippen molar-refractivity contribution >= 4 is 15.8 Å². The van der Waals surface area contributed by atoms with E-state index in [0.29, 0.717) is 18.6 Å². The van der Waals surface area contributed by atoms with Gasteiger partial charge in [-0.05, 0) is 32.4 Å². The van der Waals surface area contributed by atoms with Gasteiger partial charge in [-0.25, -0.2) is 8.42 Å². The fourth-order valence-electron chi connectivity index (χ4n) is 3.38. The van der Waals surface area contributed by atoms with Crippen LogP contribution in [-0.4, -0.2) is 73.0 Å². The molecule has 0 amide bonds. The molecule has 0 saturated carbocycles. The van der Waals surface area contributed by atoms with E-state index in [9.17, 15) is 13.2 Å². The van der Waals surface area contributed by atoms with E-state index in [2.05, 4.69) is 41.0 Å². The minimum absolute atomic E-state index is 0.103. The summed E-state index contributed by atoms with van der Waals surface area (Å²) in [4.78, 5) is 15.1. The number of piperidine rings is 1. The lowest BCUT2D eigenvalue weighted by atomic mass is 9.96. The van der Waals surface area contributed by atoms with Crippen molar-refractivity contribution in [3.63, 3.8) is 0 Å². The number of carboxylic acid groups (broad SMARTS) is 1. The second kappa shape index (κ2) is 8.78. The summed E-state index contributed by atoms with van der Waals surface area (Å²) in [5.41, 5.74) is 1.31. The molecule has 1 aliphatic rings. The molecular formula is C18H28N2O4S.